The number of nitrogens with zero attached hydrogens (tertiary/aromatic N) is 4. The number of unbranched alkanes of at least 4 members (excludes halogenated alkanes) is 6. The average Bonchev–Trinajstić information content (AvgIpc) is 2.56. The van der Waals surface area contributed by atoms with Crippen molar-refractivity contribution >= 4 is 11.9 Å². The molecular weight excluding hydrogens is 296 g/mol. The average molecular weight is 324 g/mol. The molecule has 1 unspecified atom stereocenters. The zero-order chi connectivity index (χ0) is 16.9. The lowest BCUT2D eigenvalue weighted by Crippen LogP contribution is -2.47. The molecule has 0 aromatic heterocycles. The smallest absolute Gasteiger partial charge is 0.326 e. The highest BCUT2D eigenvalue weighted by molar-refractivity contribution is 5.83. The lowest BCUT2D eigenvalue weighted by molar-refractivity contribution is -0.152. The monoisotopic (exact) mass is 324 g/mol. The van der Waals surface area contributed by atoms with E-state index in [1.54, 1.807) is 4.90 Å². The number of hydrogen-bond donors (Lipinski definition) is 1. The van der Waals surface area contributed by atoms with Crippen LogP contribution in [0.1, 0.15) is 70.6 Å². The SMILES string of the molecule is [N-]=[N+]=NCCCCCCCCCC(=O)N1CCCCC1C(=O)O. The van der Waals surface area contributed by atoms with Gasteiger partial charge in [0.15, 0.2) is 0 Å². The van der Waals surface area contributed by atoms with Crippen LogP contribution in [-0.2, 0) is 9.59 Å². The third-order valence-corrected chi connectivity index (χ3v) is 4.32. The van der Waals surface area contributed by atoms with Gasteiger partial charge in [-0.2, -0.15) is 0 Å². The second kappa shape index (κ2) is 11.8. The van der Waals surface area contributed by atoms with Gasteiger partial charge in [-0.1, -0.05) is 37.2 Å². The summed E-state index contributed by atoms with van der Waals surface area (Å²) in [5.74, 6) is -0.884. The molecule has 1 aliphatic heterocycles. The molecule has 1 rings (SSSR count). The number of azide groups is 1. The summed E-state index contributed by atoms with van der Waals surface area (Å²) in [7, 11) is 0. The van der Waals surface area contributed by atoms with E-state index in [-0.39, 0.29) is 5.91 Å². The molecule has 1 amide bonds. The van der Waals surface area contributed by atoms with E-state index in [0.29, 0.717) is 25.9 Å². The van der Waals surface area contributed by atoms with Gasteiger partial charge in [-0.25, -0.2) is 4.79 Å². The molecule has 23 heavy (non-hydrogen) atoms. The second-order valence-electron chi connectivity index (χ2n) is 6.12. The molecule has 1 saturated heterocycles. The maximum absolute atomic E-state index is 12.2. The highest BCUT2D eigenvalue weighted by atomic mass is 16.4. The number of carboxylic acid groups (broad SMARTS) is 1. The molecule has 0 aliphatic carbocycles. The largest absolute Gasteiger partial charge is 0.480 e. The number of rotatable bonds is 11. The standard InChI is InChI=1S/C16H28N4O3/c17-19-18-12-8-5-3-1-2-4-6-11-15(21)20-13-9-7-10-14(20)16(22)23/h14H,1-13H2,(H,22,23). The molecule has 0 radical (unpaired) electrons. The number of aliphatic carboxylic acids is 1. The number of carboxylic acids is 1. The predicted molar refractivity (Wildman–Crippen MR) is 87.9 cm³/mol. The molecule has 7 heteroatoms. The summed E-state index contributed by atoms with van der Waals surface area (Å²) >= 11 is 0. The molecule has 7 nitrogen and oxygen atoms in total. The quantitative estimate of drug-likeness (QED) is 0.270. The van der Waals surface area contributed by atoms with Gasteiger partial charge in [-0.15, -0.1) is 0 Å². The molecule has 0 saturated carbocycles. The highest BCUT2D eigenvalue weighted by Gasteiger charge is 2.31. The minimum Gasteiger partial charge on any atom is -0.480 e. The van der Waals surface area contributed by atoms with E-state index in [1.807, 2.05) is 0 Å². The molecule has 0 aromatic rings. The molecule has 1 aliphatic rings. The van der Waals surface area contributed by atoms with Crippen LogP contribution < -0.4 is 0 Å². The molecule has 1 fully saturated rings. The fourth-order valence-corrected chi connectivity index (χ4v) is 3.02. The van der Waals surface area contributed by atoms with Crippen LogP contribution in [0.3, 0.4) is 0 Å². The maximum atomic E-state index is 12.2. The fraction of sp³-hybridized carbons (Fsp3) is 0.875. The van der Waals surface area contributed by atoms with Crippen molar-refractivity contribution in [3.8, 4) is 0 Å². The summed E-state index contributed by atoms with van der Waals surface area (Å²) in [5, 5.41) is 12.7. The molecule has 1 atom stereocenters. The molecule has 1 heterocycles. The summed E-state index contributed by atoms with van der Waals surface area (Å²) < 4.78 is 0. The molecule has 0 bridgehead atoms. The van der Waals surface area contributed by atoms with Crippen molar-refractivity contribution in [2.24, 2.45) is 5.11 Å². The lowest BCUT2D eigenvalue weighted by Gasteiger charge is -2.33. The first-order valence-corrected chi connectivity index (χ1v) is 8.70. The van der Waals surface area contributed by atoms with Gasteiger partial charge in [0.25, 0.3) is 0 Å². The van der Waals surface area contributed by atoms with E-state index in [4.69, 9.17) is 5.53 Å². The van der Waals surface area contributed by atoms with Gasteiger partial charge >= 0.3 is 5.97 Å². The molecule has 1 N–H and O–H groups in total. The van der Waals surface area contributed by atoms with Crippen molar-refractivity contribution in [2.75, 3.05) is 13.1 Å². The molecule has 130 valence electrons. The highest BCUT2D eigenvalue weighted by Crippen LogP contribution is 2.19. The Morgan fingerprint density at radius 1 is 1.09 bits per heavy atom. The first kappa shape index (κ1) is 19.3. The van der Waals surface area contributed by atoms with Crippen LogP contribution in [-0.4, -0.2) is 41.0 Å². The number of piperidine rings is 1. The Morgan fingerprint density at radius 3 is 2.39 bits per heavy atom. The normalized spacial score (nSPS) is 17.6. The first-order chi connectivity index (χ1) is 11.2. The van der Waals surface area contributed by atoms with Gasteiger partial charge in [-0.3, -0.25) is 4.79 Å². The summed E-state index contributed by atoms with van der Waals surface area (Å²) in [5.41, 5.74) is 8.15. The van der Waals surface area contributed by atoms with Crippen molar-refractivity contribution in [1.82, 2.24) is 4.90 Å². The lowest BCUT2D eigenvalue weighted by atomic mass is 10.0. The van der Waals surface area contributed by atoms with E-state index in [9.17, 15) is 14.7 Å². The zero-order valence-electron chi connectivity index (χ0n) is 13.8. The van der Waals surface area contributed by atoms with Crippen LogP contribution in [0.25, 0.3) is 10.4 Å². The second-order valence-corrected chi connectivity index (χ2v) is 6.12. The molecule has 0 spiro atoms. The third-order valence-electron chi connectivity index (χ3n) is 4.32. The molecular formula is C16H28N4O3. The number of amides is 1. The van der Waals surface area contributed by atoms with E-state index in [2.05, 4.69) is 10.0 Å². The summed E-state index contributed by atoms with van der Waals surface area (Å²) in [6.45, 7) is 1.16. The Labute approximate surface area is 137 Å². The zero-order valence-corrected chi connectivity index (χ0v) is 13.8. The van der Waals surface area contributed by atoms with Crippen molar-refractivity contribution in [3.05, 3.63) is 10.4 Å². The summed E-state index contributed by atoms with van der Waals surface area (Å²) in [6, 6.07) is -0.618. The van der Waals surface area contributed by atoms with Gasteiger partial charge < -0.3 is 10.0 Å². The predicted octanol–water partition coefficient (Wildman–Crippen LogP) is 3.88. The van der Waals surface area contributed by atoms with E-state index >= 15 is 0 Å². The maximum Gasteiger partial charge on any atom is 0.326 e. The minimum absolute atomic E-state index is 0.00790. The van der Waals surface area contributed by atoms with Gasteiger partial charge in [-0.05, 0) is 37.6 Å². The van der Waals surface area contributed by atoms with Gasteiger partial charge in [0.1, 0.15) is 6.04 Å². The topological polar surface area (TPSA) is 106 Å². The van der Waals surface area contributed by atoms with Crippen molar-refractivity contribution in [3.63, 3.8) is 0 Å². The van der Waals surface area contributed by atoms with Crippen molar-refractivity contribution in [1.29, 1.82) is 0 Å². The Balaban J connectivity index is 2.07. The van der Waals surface area contributed by atoms with Crippen LogP contribution in [0.4, 0.5) is 0 Å². The van der Waals surface area contributed by atoms with Crippen LogP contribution in [0.15, 0.2) is 5.11 Å². The number of likely N-dealkylation sites (tertiary alicyclic amines) is 1. The van der Waals surface area contributed by atoms with E-state index in [0.717, 1.165) is 57.8 Å². The van der Waals surface area contributed by atoms with Gasteiger partial charge in [0.2, 0.25) is 5.91 Å². The minimum atomic E-state index is -0.876. The third kappa shape index (κ3) is 7.88. The van der Waals surface area contributed by atoms with Crippen molar-refractivity contribution < 1.29 is 14.7 Å². The van der Waals surface area contributed by atoms with Crippen LogP contribution in [0.2, 0.25) is 0 Å². The molecule has 0 aromatic carbocycles. The number of hydrogen-bond acceptors (Lipinski definition) is 3. The fourth-order valence-electron chi connectivity index (χ4n) is 3.02. The Kier molecular flexibility index (Phi) is 9.87. The Morgan fingerprint density at radius 2 is 1.74 bits per heavy atom. The summed E-state index contributed by atoms with van der Waals surface area (Å²) in [6.07, 6.45) is 10.0. The van der Waals surface area contributed by atoms with Crippen LogP contribution in [0.5, 0.6) is 0 Å². The van der Waals surface area contributed by atoms with Crippen LogP contribution in [0, 0.1) is 0 Å². The van der Waals surface area contributed by atoms with E-state index in [1.165, 1.54) is 0 Å². The Bertz CT molecular complexity index is 422. The van der Waals surface area contributed by atoms with Crippen molar-refractivity contribution in [2.45, 2.75) is 76.7 Å². The number of carbonyl (C=O) groups is 2. The number of carbonyl (C=O) groups excluding carboxylic acids is 1. The van der Waals surface area contributed by atoms with Crippen LogP contribution >= 0.6 is 0 Å². The first-order valence-electron chi connectivity index (χ1n) is 8.70. The van der Waals surface area contributed by atoms with E-state index < -0.39 is 12.0 Å². The van der Waals surface area contributed by atoms with Gasteiger partial charge in [0, 0.05) is 24.4 Å². The summed E-state index contributed by atoms with van der Waals surface area (Å²) in [4.78, 5) is 27.6. The Hall–Kier alpha value is -1.75. The van der Waals surface area contributed by atoms with Gasteiger partial charge in [0.05, 0.1) is 0 Å².